The molecule has 0 amide bonds. The Morgan fingerprint density at radius 3 is 2.20 bits per heavy atom. The third-order valence-electron chi connectivity index (χ3n) is 5.40. The van der Waals surface area contributed by atoms with Crippen molar-refractivity contribution >= 4 is 11.9 Å². The number of aliphatic imine (C=N–C) groups is 1. The van der Waals surface area contributed by atoms with Crippen molar-refractivity contribution in [3.8, 4) is 17.2 Å². The van der Waals surface area contributed by atoms with E-state index in [-0.39, 0.29) is 11.9 Å². The van der Waals surface area contributed by atoms with Gasteiger partial charge in [0.25, 0.3) is 0 Å². The Balaban J connectivity index is 1.87. The highest BCUT2D eigenvalue weighted by atomic mass is 16.5. The molecule has 0 bridgehead atoms. The van der Waals surface area contributed by atoms with Gasteiger partial charge in [-0.25, -0.2) is 0 Å². The number of ether oxygens (including phenoxy) is 4. The van der Waals surface area contributed by atoms with Gasteiger partial charge in [-0.2, -0.15) is 0 Å². The minimum Gasteiger partial charge on any atom is -0.496 e. The van der Waals surface area contributed by atoms with Crippen LogP contribution in [-0.2, 0) is 16.0 Å². The molecule has 0 aromatic heterocycles. The third-order valence-corrected chi connectivity index (χ3v) is 5.40. The predicted octanol–water partition coefficient (Wildman–Crippen LogP) is 2.54. The predicted molar refractivity (Wildman–Crippen MR) is 117 cm³/mol. The highest BCUT2D eigenvalue weighted by Crippen LogP contribution is 2.34. The summed E-state index contributed by atoms with van der Waals surface area (Å²) in [5.74, 6) is 2.85. The lowest BCUT2D eigenvalue weighted by atomic mass is 9.86. The molecular weight excluding hydrogens is 386 g/mol. The van der Waals surface area contributed by atoms with Gasteiger partial charge in [0.1, 0.15) is 17.2 Å². The van der Waals surface area contributed by atoms with Gasteiger partial charge in [-0.05, 0) is 39.0 Å². The number of carbonyl (C=O) groups is 1. The van der Waals surface area contributed by atoms with E-state index in [0.29, 0.717) is 31.4 Å². The average molecular weight is 422 g/mol. The second kappa shape index (κ2) is 12.1. The Morgan fingerprint density at radius 1 is 1.07 bits per heavy atom. The molecule has 1 aromatic rings. The molecule has 1 aromatic carbocycles. The summed E-state index contributed by atoms with van der Waals surface area (Å²) in [6.07, 6.45) is 4.22. The topological polar surface area (TPSA) is 90.4 Å². The fraction of sp³-hybridized carbons (Fsp3) is 0.636. The van der Waals surface area contributed by atoms with Gasteiger partial charge in [0.2, 0.25) is 0 Å². The monoisotopic (exact) mass is 421 g/mol. The lowest BCUT2D eigenvalue weighted by Crippen LogP contribution is -2.45. The van der Waals surface area contributed by atoms with Crippen LogP contribution in [0, 0.1) is 5.92 Å². The van der Waals surface area contributed by atoms with E-state index in [4.69, 9.17) is 18.9 Å². The summed E-state index contributed by atoms with van der Waals surface area (Å²) in [4.78, 5) is 16.2. The van der Waals surface area contributed by atoms with Crippen molar-refractivity contribution in [2.45, 2.75) is 45.1 Å². The smallest absolute Gasteiger partial charge is 0.308 e. The summed E-state index contributed by atoms with van der Waals surface area (Å²) in [6.45, 7) is 2.95. The van der Waals surface area contributed by atoms with E-state index in [9.17, 15) is 4.79 Å². The number of esters is 1. The molecule has 8 heteroatoms. The number of hydrogen-bond acceptors (Lipinski definition) is 6. The van der Waals surface area contributed by atoms with Gasteiger partial charge in [0, 0.05) is 37.3 Å². The molecule has 168 valence electrons. The summed E-state index contributed by atoms with van der Waals surface area (Å²) in [5.41, 5.74) is 0.971. The van der Waals surface area contributed by atoms with E-state index < -0.39 is 0 Å². The molecule has 0 saturated heterocycles. The molecule has 1 aliphatic rings. The molecular formula is C22H35N3O5. The number of nitrogens with zero attached hydrogens (tertiary/aromatic N) is 1. The van der Waals surface area contributed by atoms with Crippen LogP contribution in [0.2, 0.25) is 0 Å². The summed E-state index contributed by atoms with van der Waals surface area (Å²) in [6, 6.07) is 4.01. The quantitative estimate of drug-likeness (QED) is 0.360. The molecule has 0 atom stereocenters. The van der Waals surface area contributed by atoms with Crippen LogP contribution in [0.5, 0.6) is 17.2 Å². The molecule has 0 unspecified atom stereocenters. The minimum absolute atomic E-state index is 0.0213. The van der Waals surface area contributed by atoms with Gasteiger partial charge in [-0.3, -0.25) is 9.79 Å². The maximum absolute atomic E-state index is 11.9. The molecule has 30 heavy (non-hydrogen) atoms. The Hall–Kier alpha value is -2.64. The fourth-order valence-electron chi connectivity index (χ4n) is 3.75. The highest BCUT2D eigenvalue weighted by molar-refractivity contribution is 5.80. The van der Waals surface area contributed by atoms with E-state index in [1.54, 1.807) is 28.4 Å². The summed E-state index contributed by atoms with van der Waals surface area (Å²) < 4.78 is 21.5. The van der Waals surface area contributed by atoms with Crippen LogP contribution in [0.4, 0.5) is 0 Å². The van der Waals surface area contributed by atoms with Crippen molar-refractivity contribution in [3.63, 3.8) is 0 Å². The standard InChI is InChI=1S/C22H35N3O5/c1-6-30-21(26)15-7-9-16(10-8-15)25-22(23-2)24-12-11-18-19(28-4)13-17(27-3)14-20(18)29-5/h13-16H,6-12H2,1-5H3,(H2,23,24,25). The van der Waals surface area contributed by atoms with Crippen molar-refractivity contribution < 1.29 is 23.7 Å². The maximum atomic E-state index is 11.9. The van der Waals surface area contributed by atoms with E-state index in [2.05, 4.69) is 15.6 Å². The fourth-order valence-corrected chi connectivity index (χ4v) is 3.75. The van der Waals surface area contributed by atoms with Crippen LogP contribution in [-0.4, -0.2) is 59.5 Å². The average Bonchev–Trinajstić information content (AvgIpc) is 2.78. The van der Waals surface area contributed by atoms with E-state index in [1.165, 1.54) is 0 Å². The van der Waals surface area contributed by atoms with Crippen molar-refractivity contribution in [3.05, 3.63) is 17.7 Å². The van der Waals surface area contributed by atoms with Crippen molar-refractivity contribution in [2.75, 3.05) is 41.5 Å². The molecule has 0 aliphatic heterocycles. The number of methoxy groups -OCH3 is 3. The minimum atomic E-state index is -0.0687. The zero-order chi connectivity index (χ0) is 21.9. The number of hydrogen-bond donors (Lipinski definition) is 2. The SMILES string of the molecule is CCOC(=O)C1CCC(NC(=NC)NCCc2c(OC)cc(OC)cc2OC)CC1. The first-order valence-electron chi connectivity index (χ1n) is 10.5. The zero-order valence-corrected chi connectivity index (χ0v) is 18.7. The molecule has 0 radical (unpaired) electrons. The third kappa shape index (κ3) is 6.43. The van der Waals surface area contributed by atoms with Crippen LogP contribution < -0.4 is 24.8 Å². The van der Waals surface area contributed by atoms with Gasteiger partial charge in [-0.1, -0.05) is 0 Å². The molecule has 1 aliphatic carbocycles. The first kappa shape index (κ1) is 23.6. The van der Waals surface area contributed by atoms with E-state index in [1.807, 2.05) is 19.1 Å². The van der Waals surface area contributed by atoms with Gasteiger partial charge >= 0.3 is 5.97 Å². The number of carbonyl (C=O) groups excluding carboxylic acids is 1. The molecule has 2 N–H and O–H groups in total. The van der Waals surface area contributed by atoms with Gasteiger partial charge in [-0.15, -0.1) is 0 Å². The number of benzene rings is 1. The summed E-state index contributed by atoms with van der Waals surface area (Å²) in [5, 5.41) is 6.82. The number of nitrogens with one attached hydrogen (secondary N) is 2. The Labute approximate surface area is 179 Å². The lowest BCUT2D eigenvalue weighted by molar-refractivity contribution is -0.149. The molecule has 0 spiro atoms. The number of guanidine groups is 1. The Kier molecular flexibility index (Phi) is 9.57. The van der Waals surface area contributed by atoms with Crippen LogP contribution in [0.3, 0.4) is 0 Å². The normalized spacial score (nSPS) is 19.0. The zero-order valence-electron chi connectivity index (χ0n) is 18.7. The molecule has 0 heterocycles. The van der Waals surface area contributed by atoms with Crippen LogP contribution in [0.1, 0.15) is 38.2 Å². The van der Waals surface area contributed by atoms with Crippen LogP contribution in [0.25, 0.3) is 0 Å². The largest absolute Gasteiger partial charge is 0.496 e. The molecule has 1 saturated carbocycles. The second-order valence-corrected chi connectivity index (χ2v) is 7.20. The molecule has 8 nitrogen and oxygen atoms in total. The van der Waals surface area contributed by atoms with Gasteiger partial charge in [0.05, 0.1) is 33.9 Å². The Bertz CT molecular complexity index is 690. The summed E-state index contributed by atoms with van der Waals surface area (Å²) >= 11 is 0. The van der Waals surface area contributed by atoms with E-state index >= 15 is 0 Å². The number of rotatable bonds is 9. The molecule has 1 fully saturated rings. The highest BCUT2D eigenvalue weighted by Gasteiger charge is 2.27. The van der Waals surface area contributed by atoms with Gasteiger partial charge in [0.15, 0.2) is 5.96 Å². The van der Waals surface area contributed by atoms with Crippen molar-refractivity contribution in [2.24, 2.45) is 10.9 Å². The first-order chi connectivity index (χ1) is 14.6. The first-order valence-corrected chi connectivity index (χ1v) is 10.5. The Morgan fingerprint density at radius 2 is 1.70 bits per heavy atom. The van der Waals surface area contributed by atoms with Gasteiger partial charge < -0.3 is 29.6 Å². The summed E-state index contributed by atoms with van der Waals surface area (Å²) in [7, 11) is 6.65. The van der Waals surface area contributed by atoms with Crippen molar-refractivity contribution in [1.82, 2.24) is 10.6 Å². The second-order valence-electron chi connectivity index (χ2n) is 7.20. The molecule has 2 rings (SSSR count). The lowest BCUT2D eigenvalue weighted by Gasteiger charge is -2.29. The van der Waals surface area contributed by atoms with Crippen LogP contribution >= 0.6 is 0 Å². The maximum Gasteiger partial charge on any atom is 0.308 e. The van der Waals surface area contributed by atoms with Crippen molar-refractivity contribution in [1.29, 1.82) is 0 Å². The van der Waals surface area contributed by atoms with E-state index in [0.717, 1.165) is 48.7 Å². The van der Waals surface area contributed by atoms with Crippen LogP contribution in [0.15, 0.2) is 17.1 Å².